The lowest BCUT2D eigenvalue weighted by Crippen LogP contribution is -2.40. The number of hydrogen-bond acceptors (Lipinski definition) is 4. The quantitative estimate of drug-likeness (QED) is 0.234. The van der Waals surface area contributed by atoms with E-state index in [1.807, 2.05) is 54.6 Å². The number of carbonyl (C=O) groups excluding carboxylic acids is 1. The summed E-state index contributed by atoms with van der Waals surface area (Å²) in [5.74, 6) is -0.622. The van der Waals surface area contributed by atoms with E-state index >= 15 is 0 Å². The van der Waals surface area contributed by atoms with Crippen molar-refractivity contribution in [2.45, 2.75) is 0 Å². The fourth-order valence-corrected chi connectivity index (χ4v) is 3.56. The number of benzene rings is 4. The molecule has 0 fully saturated rings. The summed E-state index contributed by atoms with van der Waals surface area (Å²) in [5.41, 5.74) is 3.16. The van der Waals surface area contributed by atoms with Gasteiger partial charge >= 0.3 is 12.0 Å². The third-order valence-electron chi connectivity index (χ3n) is 5.16. The van der Waals surface area contributed by atoms with Gasteiger partial charge in [-0.2, -0.15) is 0 Å². The second-order valence-electron chi connectivity index (χ2n) is 7.57. The lowest BCUT2D eigenvalue weighted by atomic mass is 10.0. The van der Waals surface area contributed by atoms with Crippen molar-refractivity contribution in [1.29, 1.82) is 5.41 Å². The van der Waals surface area contributed by atoms with E-state index in [9.17, 15) is 9.59 Å². The fraction of sp³-hybridized carbons (Fsp3) is 0.0357. The van der Waals surface area contributed by atoms with E-state index < -0.39 is 18.6 Å². The third kappa shape index (κ3) is 5.72. The number of carbonyl (C=O) groups is 2. The number of anilines is 2. The minimum Gasteiger partial charge on any atom is -0.482 e. The predicted molar refractivity (Wildman–Crippen MR) is 136 cm³/mol. The molecule has 0 bridgehead atoms. The van der Waals surface area contributed by atoms with Crippen LogP contribution in [0.1, 0.15) is 5.56 Å². The second-order valence-corrected chi connectivity index (χ2v) is 7.57. The molecule has 0 aliphatic heterocycles. The Morgan fingerprint density at radius 2 is 1.49 bits per heavy atom. The van der Waals surface area contributed by atoms with Crippen molar-refractivity contribution >= 4 is 29.2 Å². The Hall–Kier alpha value is -4.91. The van der Waals surface area contributed by atoms with Crippen molar-refractivity contribution in [3.63, 3.8) is 0 Å². The van der Waals surface area contributed by atoms with Gasteiger partial charge in [0.15, 0.2) is 6.61 Å². The Morgan fingerprint density at radius 3 is 2.20 bits per heavy atom. The van der Waals surface area contributed by atoms with Crippen LogP contribution in [0.3, 0.4) is 0 Å². The van der Waals surface area contributed by atoms with Gasteiger partial charge in [-0.25, -0.2) is 14.5 Å². The summed E-state index contributed by atoms with van der Waals surface area (Å²) in [6.45, 7) is -0.449. The Kier molecular flexibility index (Phi) is 7.18. The fourth-order valence-electron chi connectivity index (χ4n) is 3.56. The second kappa shape index (κ2) is 10.8. The lowest BCUT2D eigenvalue weighted by molar-refractivity contribution is -0.139. The SMILES string of the molecule is N=C(c1ccccc1)N(C(=O)Nc1ccccc1-c1cccc(OCC(=O)O)c1)c1ccccc1. The number of para-hydroxylation sites is 2. The number of aliphatic carboxylic acids is 1. The number of ether oxygens (including phenoxy) is 1. The van der Waals surface area contributed by atoms with Crippen molar-refractivity contribution in [3.05, 3.63) is 115 Å². The first-order valence-corrected chi connectivity index (χ1v) is 10.9. The summed E-state index contributed by atoms with van der Waals surface area (Å²) in [4.78, 5) is 25.7. The predicted octanol–water partition coefficient (Wildman–Crippen LogP) is 5.88. The average molecular weight is 466 g/mol. The van der Waals surface area contributed by atoms with Crippen LogP contribution in [-0.2, 0) is 4.79 Å². The molecule has 0 saturated heterocycles. The maximum absolute atomic E-state index is 13.5. The van der Waals surface area contributed by atoms with Gasteiger partial charge in [0.1, 0.15) is 11.6 Å². The minimum absolute atomic E-state index is 0.0378. The van der Waals surface area contributed by atoms with Crippen LogP contribution in [-0.4, -0.2) is 29.5 Å². The normalized spacial score (nSPS) is 10.3. The first-order valence-electron chi connectivity index (χ1n) is 10.9. The van der Waals surface area contributed by atoms with Crippen molar-refractivity contribution in [2.75, 3.05) is 16.8 Å². The number of amidine groups is 1. The number of urea groups is 1. The molecule has 3 N–H and O–H groups in total. The Balaban J connectivity index is 1.65. The molecule has 4 aromatic carbocycles. The maximum atomic E-state index is 13.5. The van der Waals surface area contributed by atoms with Crippen LogP contribution in [0.4, 0.5) is 16.2 Å². The van der Waals surface area contributed by atoms with E-state index in [-0.39, 0.29) is 5.84 Å². The Labute approximate surface area is 202 Å². The first-order chi connectivity index (χ1) is 17.0. The van der Waals surface area contributed by atoms with E-state index in [0.29, 0.717) is 22.7 Å². The molecule has 0 atom stereocenters. The first kappa shape index (κ1) is 23.3. The number of nitrogens with zero attached hydrogens (tertiary/aromatic N) is 1. The highest BCUT2D eigenvalue weighted by Crippen LogP contribution is 2.31. The number of carboxylic acid groups (broad SMARTS) is 1. The number of rotatable bonds is 7. The van der Waals surface area contributed by atoms with Crippen LogP contribution in [0.2, 0.25) is 0 Å². The molecule has 4 rings (SSSR count). The van der Waals surface area contributed by atoms with Crippen LogP contribution in [0.5, 0.6) is 5.75 Å². The molecule has 35 heavy (non-hydrogen) atoms. The highest BCUT2D eigenvalue weighted by Gasteiger charge is 2.23. The van der Waals surface area contributed by atoms with Crippen molar-refractivity contribution < 1.29 is 19.4 Å². The smallest absolute Gasteiger partial charge is 0.341 e. The summed E-state index contributed by atoms with van der Waals surface area (Å²) in [5, 5.41) is 20.6. The van der Waals surface area contributed by atoms with E-state index in [1.54, 1.807) is 54.6 Å². The molecule has 2 amide bonds. The number of nitrogens with one attached hydrogen (secondary N) is 2. The monoisotopic (exact) mass is 465 g/mol. The van der Waals surface area contributed by atoms with Crippen LogP contribution < -0.4 is 15.0 Å². The Morgan fingerprint density at radius 1 is 0.829 bits per heavy atom. The molecule has 7 heteroatoms. The minimum atomic E-state index is -1.06. The lowest BCUT2D eigenvalue weighted by Gasteiger charge is -2.24. The van der Waals surface area contributed by atoms with Crippen molar-refractivity contribution in [2.24, 2.45) is 0 Å². The van der Waals surface area contributed by atoms with E-state index in [0.717, 1.165) is 11.1 Å². The van der Waals surface area contributed by atoms with Gasteiger partial charge in [0.2, 0.25) is 0 Å². The molecule has 0 aliphatic carbocycles. The number of carboxylic acids is 1. The molecule has 0 saturated carbocycles. The van der Waals surface area contributed by atoms with Crippen LogP contribution in [0.15, 0.2) is 109 Å². The van der Waals surface area contributed by atoms with E-state index in [4.69, 9.17) is 15.3 Å². The van der Waals surface area contributed by atoms with Gasteiger partial charge in [-0.15, -0.1) is 0 Å². The molecule has 174 valence electrons. The van der Waals surface area contributed by atoms with Gasteiger partial charge in [-0.05, 0) is 35.9 Å². The van der Waals surface area contributed by atoms with Gasteiger partial charge in [-0.1, -0.05) is 78.9 Å². The van der Waals surface area contributed by atoms with Crippen LogP contribution in [0, 0.1) is 5.41 Å². The van der Waals surface area contributed by atoms with E-state index in [1.165, 1.54) is 4.90 Å². The van der Waals surface area contributed by atoms with E-state index in [2.05, 4.69) is 5.32 Å². The zero-order valence-electron chi connectivity index (χ0n) is 18.7. The van der Waals surface area contributed by atoms with Gasteiger partial charge in [0, 0.05) is 11.1 Å². The standard InChI is InChI=1S/C28H23N3O4/c29-27(20-10-3-1-4-11-20)31(22-13-5-2-6-14-22)28(34)30-25-17-8-7-16-24(25)21-12-9-15-23(18-21)35-19-26(32)33/h1-18,29H,19H2,(H,30,34)(H,32,33). The highest BCUT2D eigenvalue weighted by molar-refractivity contribution is 6.25. The molecule has 7 nitrogen and oxygen atoms in total. The molecule has 0 unspecified atom stereocenters. The number of hydrogen-bond donors (Lipinski definition) is 3. The molecule has 0 radical (unpaired) electrons. The molecule has 4 aromatic rings. The molecule has 0 aliphatic rings. The topological polar surface area (TPSA) is 103 Å². The summed E-state index contributed by atoms with van der Waals surface area (Å²) >= 11 is 0. The van der Waals surface area contributed by atoms with Crippen molar-refractivity contribution in [3.8, 4) is 16.9 Å². The maximum Gasteiger partial charge on any atom is 0.341 e. The summed E-state index contributed by atoms with van der Waals surface area (Å²) in [6.07, 6.45) is 0. The van der Waals surface area contributed by atoms with Gasteiger partial charge in [0.05, 0.1) is 11.4 Å². The number of amides is 2. The van der Waals surface area contributed by atoms with Gasteiger partial charge < -0.3 is 15.2 Å². The summed E-state index contributed by atoms with van der Waals surface area (Å²) in [7, 11) is 0. The molecule has 0 heterocycles. The highest BCUT2D eigenvalue weighted by atomic mass is 16.5. The molecular formula is C28H23N3O4. The Bertz CT molecular complexity index is 1340. The summed E-state index contributed by atoms with van der Waals surface area (Å²) < 4.78 is 5.30. The van der Waals surface area contributed by atoms with Crippen LogP contribution >= 0.6 is 0 Å². The molecule has 0 aromatic heterocycles. The van der Waals surface area contributed by atoms with Gasteiger partial charge in [-0.3, -0.25) is 5.41 Å². The average Bonchev–Trinajstić information content (AvgIpc) is 2.89. The molecular weight excluding hydrogens is 442 g/mol. The largest absolute Gasteiger partial charge is 0.482 e. The molecule has 0 spiro atoms. The summed E-state index contributed by atoms with van der Waals surface area (Å²) in [6, 6.07) is 31.8. The zero-order valence-corrected chi connectivity index (χ0v) is 18.7. The van der Waals surface area contributed by atoms with Crippen molar-refractivity contribution in [1.82, 2.24) is 0 Å². The zero-order chi connectivity index (χ0) is 24.6. The van der Waals surface area contributed by atoms with Gasteiger partial charge in [0.25, 0.3) is 0 Å². The third-order valence-corrected chi connectivity index (χ3v) is 5.16. The van der Waals surface area contributed by atoms with Crippen LogP contribution in [0.25, 0.3) is 11.1 Å².